The number of nitrogens with zero attached hydrogens (tertiary/aromatic N) is 1. The first kappa shape index (κ1) is 12.2. The van der Waals surface area contributed by atoms with E-state index in [9.17, 15) is 4.79 Å². The van der Waals surface area contributed by atoms with Crippen molar-refractivity contribution in [3.63, 3.8) is 0 Å². The molecule has 0 aliphatic rings. The second-order valence-corrected chi connectivity index (χ2v) is 5.00. The number of hydrogen-bond acceptors (Lipinski definition) is 4. The molecule has 2 rings (SSSR count). The molecule has 3 nitrogen and oxygen atoms in total. The lowest BCUT2D eigenvalue weighted by molar-refractivity contribution is -0.118. The summed E-state index contributed by atoms with van der Waals surface area (Å²) in [5.41, 5.74) is 0.984. The molecule has 17 heavy (non-hydrogen) atoms. The van der Waals surface area contributed by atoms with E-state index in [2.05, 4.69) is 4.98 Å². The van der Waals surface area contributed by atoms with E-state index in [0.29, 0.717) is 19.4 Å². The molecule has 90 valence electrons. The largest absolute Gasteiger partial charge is 0.385 e. The summed E-state index contributed by atoms with van der Waals surface area (Å²) in [5, 5.41) is 0.911. The zero-order chi connectivity index (χ0) is 12.1. The molecule has 0 amide bonds. The lowest BCUT2D eigenvalue weighted by atomic mass is 10.2. The predicted octanol–water partition coefficient (Wildman–Crippen LogP) is 2.83. The Labute approximate surface area is 104 Å². The van der Waals surface area contributed by atoms with Crippen LogP contribution in [0, 0.1) is 0 Å². The minimum Gasteiger partial charge on any atom is -0.385 e. The molecular weight excluding hydrogens is 234 g/mol. The van der Waals surface area contributed by atoms with Gasteiger partial charge in [0.1, 0.15) is 10.8 Å². The molecule has 0 N–H and O–H groups in total. The number of carbonyl (C=O) groups is 1. The maximum Gasteiger partial charge on any atom is 0.139 e. The fraction of sp³-hybridized carbons (Fsp3) is 0.385. The topological polar surface area (TPSA) is 39.2 Å². The number of ketones is 1. The summed E-state index contributed by atoms with van der Waals surface area (Å²) in [7, 11) is 1.65. The van der Waals surface area contributed by atoms with E-state index in [1.807, 2.05) is 24.3 Å². The van der Waals surface area contributed by atoms with Crippen LogP contribution in [0.15, 0.2) is 24.3 Å². The van der Waals surface area contributed by atoms with Crippen LogP contribution in [0.5, 0.6) is 0 Å². The molecule has 0 bridgehead atoms. The van der Waals surface area contributed by atoms with E-state index in [-0.39, 0.29) is 5.78 Å². The van der Waals surface area contributed by atoms with Crippen LogP contribution < -0.4 is 0 Å². The molecule has 1 heterocycles. The lowest BCUT2D eigenvalue weighted by Crippen LogP contribution is -2.03. The summed E-state index contributed by atoms with van der Waals surface area (Å²) >= 11 is 1.60. The number of aromatic nitrogens is 1. The van der Waals surface area contributed by atoms with Crippen LogP contribution in [0.4, 0.5) is 0 Å². The fourth-order valence-corrected chi connectivity index (χ4v) is 2.66. The van der Waals surface area contributed by atoms with Crippen molar-refractivity contribution in [2.75, 3.05) is 13.7 Å². The summed E-state index contributed by atoms with van der Waals surface area (Å²) in [6, 6.07) is 7.97. The molecular formula is C13H15NO2S. The number of ether oxygens (including phenoxy) is 1. The highest BCUT2D eigenvalue weighted by Crippen LogP contribution is 2.22. The molecule has 0 aliphatic heterocycles. The first-order chi connectivity index (χ1) is 8.29. The van der Waals surface area contributed by atoms with E-state index in [1.165, 1.54) is 0 Å². The van der Waals surface area contributed by atoms with Crippen molar-refractivity contribution in [2.24, 2.45) is 0 Å². The van der Waals surface area contributed by atoms with E-state index in [1.54, 1.807) is 18.4 Å². The van der Waals surface area contributed by atoms with Crippen molar-refractivity contribution in [2.45, 2.75) is 19.3 Å². The first-order valence-electron chi connectivity index (χ1n) is 5.64. The van der Waals surface area contributed by atoms with Gasteiger partial charge in [-0.25, -0.2) is 4.98 Å². The Morgan fingerprint density at radius 2 is 2.24 bits per heavy atom. The highest BCUT2D eigenvalue weighted by Gasteiger charge is 2.08. The number of hydrogen-bond donors (Lipinski definition) is 0. The van der Waals surface area contributed by atoms with E-state index >= 15 is 0 Å². The third-order valence-corrected chi connectivity index (χ3v) is 3.53. The van der Waals surface area contributed by atoms with Gasteiger partial charge in [-0.05, 0) is 18.6 Å². The van der Waals surface area contributed by atoms with Crippen LogP contribution in [0.2, 0.25) is 0 Å². The first-order valence-corrected chi connectivity index (χ1v) is 6.46. The predicted molar refractivity (Wildman–Crippen MR) is 69.4 cm³/mol. The molecule has 0 radical (unpaired) electrons. The van der Waals surface area contributed by atoms with Crippen molar-refractivity contribution < 1.29 is 9.53 Å². The van der Waals surface area contributed by atoms with Gasteiger partial charge in [0, 0.05) is 20.1 Å². The normalized spacial score (nSPS) is 10.9. The Bertz CT molecular complexity index is 474. The number of methoxy groups -OCH3 is 1. The van der Waals surface area contributed by atoms with Crippen molar-refractivity contribution in [3.05, 3.63) is 29.3 Å². The molecule has 0 spiro atoms. The molecule has 0 saturated heterocycles. The third-order valence-electron chi connectivity index (χ3n) is 2.49. The van der Waals surface area contributed by atoms with Gasteiger partial charge in [0.25, 0.3) is 0 Å². The zero-order valence-corrected chi connectivity index (χ0v) is 10.6. The highest BCUT2D eigenvalue weighted by molar-refractivity contribution is 7.18. The maximum absolute atomic E-state index is 11.7. The summed E-state index contributed by atoms with van der Waals surface area (Å²) in [6.45, 7) is 0.644. The molecule has 4 heteroatoms. The Balaban J connectivity index is 1.96. The molecule has 2 aromatic rings. The maximum atomic E-state index is 11.7. The summed E-state index contributed by atoms with van der Waals surface area (Å²) < 4.78 is 6.07. The van der Waals surface area contributed by atoms with Gasteiger partial charge in [0.2, 0.25) is 0 Å². The molecule has 1 aromatic heterocycles. The average molecular weight is 249 g/mol. The average Bonchev–Trinajstić information content (AvgIpc) is 2.71. The van der Waals surface area contributed by atoms with Crippen LogP contribution >= 0.6 is 11.3 Å². The highest BCUT2D eigenvalue weighted by atomic mass is 32.1. The van der Waals surface area contributed by atoms with Crippen LogP contribution in [0.25, 0.3) is 10.2 Å². The monoisotopic (exact) mass is 249 g/mol. The number of carbonyl (C=O) groups excluding carboxylic acids is 1. The van der Waals surface area contributed by atoms with E-state index < -0.39 is 0 Å². The second kappa shape index (κ2) is 5.89. The number of rotatable bonds is 6. The second-order valence-electron chi connectivity index (χ2n) is 3.89. The van der Waals surface area contributed by atoms with Gasteiger partial charge in [-0.3, -0.25) is 4.79 Å². The summed E-state index contributed by atoms with van der Waals surface area (Å²) in [4.78, 5) is 16.1. The fourth-order valence-electron chi connectivity index (χ4n) is 1.67. The van der Waals surface area contributed by atoms with Crippen LogP contribution in [-0.2, 0) is 16.0 Å². The zero-order valence-electron chi connectivity index (χ0n) is 9.81. The third kappa shape index (κ3) is 3.35. The number of benzene rings is 1. The van der Waals surface area contributed by atoms with Crippen molar-refractivity contribution in [3.8, 4) is 0 Å². The SMILES string of the molecule is COCCCC(=O)Cc1nc2ccccc2s1. The minimum absolute atomic E-state index is 0.237. The van der Waals surface area contributed by atoms with Gasteiger partial charge in [-0.1, -0.05) is 12.1 Å². The Hall–Kier alpha value is -1.26. The summed E-state index contributed by atoms with van der Waals surface area (Å²) in [6.07, 6.45) is 1.81. The lowest BCUT2D eigenvalue weighted by Gasteiger charge is -1.97. The Morgan fingerprint density at radius 1 is 1.41 bits per heavy atom. The summed E-state index contributed by atoms with van der Waals surface area (Å²) in [5.74, 6) is 0.237. The molecule has 1 aromatic carbocycles. The van der Waals surface area contributed by atoms with Crippen LogP contribution in [0.1, 0.15) is 17.8 Å². The quantitative estimate of drug-likeness (QED) is 0.739. The van der Waals surface area contributed by atoms with Crippen LogP contribution in [0.3, 0.4) is 0 Å². The number of Topliss-reactive ketones (excluding diaryl/α,β-unsaturated/α-hetero) is 1. The standard InChI is InChI=1S/C13H15NO2S/c1-16-8-4-5-10(15)9-13-14-11-6-2-3-7-12(11)17-13/h2-3,6-7H,4-5,8-9H2,1H3. The van der Waals surface area contributed by atoms with Crippen LogP contribution in [-0.4, -0.2) is 24.5 Å². The molecule has 0 saturated carbocycles. The van der Waals surface area contributed by atoms with Gasteiger partial charge in [0.15, 0.2) is 0 Å². The number of fused-ring (bicyclic) bond motifs is 1. The van der Waals surface area contributed by atoms with Crippen molar-refractivity contribution >= 4 is 27.3 Å². The Kier molecular flexibility index (Phi) is 4.23. The van der Waals surface area contributed by atoms with E-state index in [4.69, 9.17) is 4.74 Å². The minimum atomic E-state index is 0.237. The Morgan fingerprint density at radius 3 is 3.00 bits per heavy atom. The van der Waals surface area contributed by atoms with Gasteiger partial charge in [0.05, 0.1) is 16.6 Å². The molecule has 0 atom stereocenters. The van der Waals surface area contributed by atoms with Crippen molar-refractivity contribution in [1.82, 2.24) is 4.98 Å². The molecule has 0 aliphatic carbocycles. The van der Waals surface area contributed by atoms with Gasteiger partial charge >= 0.3 is 0 Å². The van der Waals surface area contributed by atoms with Crippen molar-refractivity contribution in [1.29, 1.82) is 0 Å². The number of thiazole rings is 1. The number of para-hydroxylation sites is 1. The van der Waals surface area contributed by atoms with Gasteiger partial charge < -0.3 is 4.74 Å². The molecule has 0 unspecified atom stereocenters. The van der Waals surface area contributed by atoms with Gasteiger partial charge in [-0.15, -0.1) is 11.3 Å². The van der Waals surface area contributed by atoms with E-state index in [0.717, 1.165) is 21.6 Å². The smallest absolute Gasteiger partial charge is 0.139 e. The molecule has 0 fully saturated rings. The van der Waals surface area contributed by atoms with Gasteiger partial charge in [-0.2, -0.15) is 0 Å².